The lowest BCUT2D eigenvalue weighted by Crippen LogP contribution is -2.08. The second kappa shape index (κ2) is 5.31. The molecule has 92 valence electrons. The maximum absolute atomic E-state index is 10.9. The summed E-state index contributed by atoms with van der Waals surface area (Å²) in [6.07, 6.45) is 1.49. The second-order valence-corrected chi connectivity index (χ2v) is 4.01. The van der Waals surface area contributed by atoms with Gasteiger partial charge in [-0.15, -0.1) is 0 Å². The van der Waals surface area contributed by atoms with E-state index in [1.54, 1.807) is 0 Å². The molecule has 0 radical (unpaired) electrons. The molecule has 0 unspecified atom stereocenters. The summed E-state index contributed by atoms with van der Waals surface area (Å²) in [7, 11) is 0. The fraction of sp³-hybridized carbons (Fsp3) is 0.143. The number of carboxylic acid groups (broad SMARTS) is 1. The Morgan fingerprint density at radius 1 is 1.28 bits per heavy atom. The first-order valence-corrected chi connectivity index (χ1v) is 5.67. The van der Waals surface area contributed by atoms with Gasteiger partial charge in [0.15, 0.2) is 0 Å². The average Bonchev–Trinajstić information content (AvgIpc) is 2.40. The largest absolute Gasteiger partial charge is 0.478 e. The van der Waals surface area contributed by atoms with Gasteiger partial charge in [0.2, 0.25) is 0 Å². The standard InChI is InChI=1S/C14H14N2O2/c1-10(11-5-3-2-4-6-11)16-13-9-12(14(17)18)7-8-15-13/h2-10H,1H3,(H,15,16)(H,17,18)/t10-/m1/s1. The predicted molar refractivity (Wildman–Crippen MR) is 69.7 cm³/mol. The van der Waals surface area contributed by atoms with E-state index in [1.807, 2.05) is 37.3 Å². The Labute approximate surface area is 105 Å². The van der Waals surface area contributed by atoms with E-state index in [0.717, 1.165) is 5.56 Å². The van der Waals surface area contributed by atoms with E-state index in [4.69, 9.17) is 5.11 Å². The molecule has 1 aromatic heterocycles. The topological polar surface area (TPSA) is 62.2 Å². The van der Waals surface area contributed by atoms with Gasteiger partial charge in [0.05, 0.1) is 5.56 Å². The highest BCUT2D eigenvalue weighted by atomic mass is 16.4. The number of carbonyl (C=O) groups is 1. The van der Waals surface area contributed by atoms with Crippen LogP contribution in [0.15, 0.2) is 48.7 Å². The first-order chi connectivity index (χ1) is 8.66. The Balaban J connectivity index is 2.14. The van der Waals surface area contributed by atoms with E-state index in [0.29, 0.717) is 5.82 Å². The van der Waals surface area contributed by atoms with Crippen molar-refractivity contribution < 1.29 is 9.90 Å². The van der Waals surface area contributed by atoms with Gasteiger partial charge in [-0.05, 0) is 24.6 Å². The first kappa shape index (κ1) is 12.1. The lowest BCUT2D eigenvalue weighted by molar-refractivity contribution is 0.0697. The smallest absolute Gasteiger partial charge is 0.335 e. The molecule has 0 aliphatic carbocycles. The van der Waals surface area contributed by atoms with E-state index in [1.165, 1.54) is 18.3 Å². The number of rotatable bonds is 4. The molecule has 0 bridgehead atoms. The fourth-order valence-electron chi connectivity index (χ4n) is 1.69. The third-order valence-electron chi connectivity index (χ3n) is 2.67. The highest BCUT2D eigenvalue weighted by Gasteiger charge is 2.08. The lowest BCUT2D eigenvalue weighted by atomic mass is 10.1. The Kier molecular flexibility index (Phi) is 3.57. The van der Waals surface area contributed by atoms with Crippen molar-refractivity contribution >= 4 is 11.8 Å². The minimum absolute atomic E-state index is 0.0720. The summed E-state index contributed by atoms with van der Waals surface area (Å²) in [4.78, 5) is 15.0. The summed E-state index contributed by atoms with van der Waals surface area (Å²) >= 11 is 0. The van der Waals surface area contributed by atoms with Crippen LogP contribution in [0.2, 0.25) is 0 Å². The van der Waals surface area contributed by atoms with Crippen molar-refractivity contribution in [1.82, 2.24) is 4.98 Å². The highest BCUT2D eigenvalue weighted by molar-refractivity contribution is 5.88. The molecular formula is C14H14N2O2. The summed E-state index contributed by atoms with van der Waals surface area (Å²) in [5, 5.41) is 12.1. The molecule has 4 nitrogen and oxygen atoms in total. The molecule has 0 spiro atoms. The molecule has 0 aliphatic heterocycles. The SMILES string of the molecule is C[C@@H](Nc1cc(C(=O)O)ccn1)c1ccccc1. The molecule has 0 fully saturated rings. The van der Waals surface area contributed by atoms with E-state index in [-0.39, 0.29) is 11.6 Å². The van der Waals surface area contributed by atoms with Crippen LogP contribution in [0.3, 0.4) is 0 Å². The van der Waals surface area contributed by atoms with Crippen LogP contribution >= 0.6 is 0 Å². The van der Waals surface area contributed by atoms with Crippen molar-refractivity contribution in [2.24, 2.45) is 0 Å². The number of benzene rings is 1. The molecule has 1 atom stereocenters. The van der Waals surface area contributed by atoms with Crippen molar-refractivity contribution in [3.05, 3.63) is 59.8 Å². The summed E-state index contributed by atoms with van der Waals surface area (Å²) in [6, 6.07) is 13.0. The molecule has 0 aliphatic rings. The van der Waals surface area contributed by atoms with Gasteiger partial charge >= 0.3 is 5.97 Å². The Morgan fingerprint density at radius 3 is 2.67 bits per heavy atom. The van der Waals surface area contributed by atoms with Gasteiger partial charge in [-0.3, -0.25) is 0 Å². The maximum atomic E-state index is 10.9. The molecular weight excluding hydrogens is 228 g/mol. The number of nitrogens with one attached hydrogen (secondary N) is 1. The van der Waals surface area contributed by atoms with Gasteiger partial charge in [-0.25, -0.2) is 9.78 Å². The number of hydrogen-bond acceptors (Lipinski definition) is 3. The van der Waals surface area contributed by atoms with Crippen LogP contribution in [0.25, 0.3) is 0 Å². The quantitative estimate of drug-likeness (QED) is 0.865. The van der Waals surface area contributed by atoms with Crippen LogP contribution in [-0.2, 0) is 0 Å². The monoisotopic (exact) mass is 242 g/mol. The number of nitrogens with zero attached hydrogens (tertiary/aromatic N) is 1. The Morgan fingerprint density at radius 2 is 2.00 bits per heavy atom. The molecule has 1 heterocycles. The molecule has 0 amide bonds. The molecule has 2 rings (SSSR count). The van der Waals surface area contributed by atoms with Crippen LogP contribution in [0, 0.1) is 0 Å². The average molecular weight is 242 g/mol. The number of aromatic nitrogens is 1. The lowest BCUT2D eigenvalue weighted by Gasteiger charge is -2.14. The van der Waals surface area contributed by atoms with E-state index in [2.05, 4.69) is 10.3 Å². The molecule has 0 saturated carbocycles. The molecule has 2 aromatic rings. The van der Waals surface area contributed by atoms with Gasteiger partial charge in [0.25, 0.3) is 0 Å². The van der Waals surface area contributed by atoms with Crippen molar-refractivity contribution in [2.45, 2.75) is 13.0 Å². The van der Waals surface area contributed by atoms with Crippen LogP contribution in [0.4, 0.5) is 5.82 Å². The zero-order valence-electron chi connectivity index (χ0n) is 10.00. The normalized spacial score (nSPS) is 11.8. The number of anilines is 1. The minimum atomic E-state index is -0.951. The number of pyridine rings is 1. The second-order valence-electron chi connectivity index (χ2n) is 4.01. The Bertz CT molecular complexity index is 541. The molecule has 4 heteroatoms. The summed E-state index contributed by atoms with van der Waals surface area (Å²) in [5.41, 5.74) is 1.35. The van der Waals surface area contributed by atoms with Gasteiger partial charge in [0.1, 0.15) is 5.82 Å². The molecule has 18 heavy (non-hydrogen) atoms. The zero-order chi connectivity index (χ0) is 13.0. The number of aromatic carboxylic acids is 1. The van der Waals surface area contributed by atoms with Crippen molar-refractivity contribution in [2.75, 3.05) is 5.32 Å². The summed E-state index contributed by atoms with van der Waals surface area (Å²) < 4.78 is 0. The van der Waals surface area contributed by atoms with Crippen molar-refractivity contribution in [3.63, 3.8) is 0 Å². The summed E-state index contributed by atoms with van der Waals surface area (Å²) in [5.74, 6) is -0.390. The third-order valence-corrected chi connectivity index (χ3v) is 2.67. The van der Waals surface area contributed by atoms with Crippen molar-refractivity contribution in [1.29, 1.82) is 0 Å². The maximum Gasteiger partial charge on any atom is 0.335 e. The van der Waals surface area contributed by atoms with Gasteiger partial charge in [-0.1, -0.05) is 30.3 Å². The zero-order valence-corrected chi connectivity index (χ0v) is 10.00. The number of hydrogen-bond donors (Lipinski definition) is 2. The Hall–Kier alpha value is -2.36. The van der Waals surface area contributed by atoms with Gasteiger partial charge in [-0.2, -0.15) is 0 Å². The van der Waals surface area contributed by atoms with Crippen molar-refractivity contribution in [3.8, 4) is 0 Å². The third kappa shape index (κ3) is 2.85. The van der Waals surface area contributed by atoms with E-state index >= 15 is 0 Å². The number of carboxylic acids is 1. The van der Waals surface area contributed by atoms with Gasteiger partial charge in [0, 0.05) is 12.2 Å². The van der Waals surface area contributed by atoms with Crippen LogP contribution < -0.4 is 5.32 Å². The van der Waals surface area contributed by atoms with Crippen LogP contribution in [-0.4, -0.2) is 16.1 Å². The molecule has 1 aromatic carbocycles. The van der Waals surface area contributed by atoms with Crippen LogP contribution in [0.5, 0.6) is 0 Å². The summed E-state index contributed by atoms with van der Waals surface area (Å²) in [6.45, 7) is 2.00. The molecule has 2 N–H and O–H groups in total. The van der Waals surface area contributed by atoms with E-state index < -0.39 is 5.97 Å². The van der Waals surface area contributed by atoms with Crippen LogP contribution in [0.1, 0.15) is 28.9 Å². The fourth-order valence-corrected chi connectivity index (χ4v) is 1.69. The first-order valence-electron chi connectivity index (χ1n) is 5.67. The minimum Gasteiger partial charge on any atom is -0.478 e. The predicted octanol–water partition coefficient (Wildman–Crippen LogP) is 2.95. The highest BCUT2D eigenvalue weighted by Crippen LogP contribution is 2.17. The molecule has 0 saturated heterocycles. The van der Waals surface area contributed by atoms with E-state index in [9.17, 15) is 4.79 Å². The van der Waals surface area contributed by atoms with Gasteiger partial charge < -0.3 is 10.4 Å².